The highest BCUT2D eigenvalue weighted by molar-refractivity contribution is 5.93. The number of carbonyl (C=O) groups excluding carboxylic acids is 1. The molecule has 0 spiro atoms. The maximum absolute atomic E-state index is 12.5. The molecular formula is C20H19N3O. The molecule has 3 aromatic rings. The standard InChI is InChI=1S/C20H19N3O/c24-20(19-11-13-21-14-12-19)22-23(15-17-7-3-1-4-8-17)16-18-9-5-2-6-10-18/h1-14H,15-16H2,(H,22,24). The number of rotatable bonds is 6. The third-order valence-corrected chi connectivity index (χ3v) is 3.63. The van der Waals surface area contributed by atoms with Crippen LogP contribution in [0.25, 0.3) is 0 Å². The highest BCUT2D eigenvalue weighted by Gasteiger charge is 2.12. The maximum Gasteiger partial charge on any atom is 0.265 e. The van der Waals surface area contributed by atoms with E-state index in [1.54, 1.807) is 24.5 Å². The molecule has 0 fully saturated rings. The van der Waals surface area contributed by atoms with Crippen molar-refractivity contribution < 1.29 is 4.79 Å². The van der Waals surface area contributed by atoms with Gasteiger partial charge in [0.15, 0.2) is 0 Å². The van der Waals surface area contributed by atoms with Crippen molar-refractivity contribution in [1.29, 1.82) is 0 Å². The van der Waals surface area contributed by atoms with E-state index >= 15 is 0 Å². The molecule has 0 aliphatic carbocycles. The number of amides is 1. The lowest BCUT2D eigenvalue weighted by atomic mass is 10.2. The summed E-state index contributed by atoms with van der Waals surface area (Å²) in [7, 11) is 0. The Labute approximate surface area is 141 Å². The molecule has 1 amide bonds. The van der Waals surface area contributed by atoms with Crippen LogP contribution in [-0.4, -0.2) is 15.9 Å². The van der Waals surface area contributed by atoms with Gasteiger partial charge in [0.2, 0.25) is 0 Å². The van der Waals surface area contributed by atoms with Gasteiger partial charge < -0.3 is 0 Å². The number of nitrogens with one attached hydrogen (secondary N) is 1. The molecule has 0 bridgehead atoms. The van der Waals surface area contributed by atoms with E-state index in [0.717, 1.165) is 11.1 Å². The van der Waals surface area contributed by atoms with Gasteiger partial charge in [-0.05, 0) is 23.3 Å². The van der Waals surface area contributed by atoms with Crippen LogP contribution in [0, 0.1) is 0 Å². The molecule has 120 valence electrons. The van der Waals surface area contributed by atoms with E-state index in [-0.39, 0.29) is 5.91 Å². The van der Waals surface area contributed by atoms with Gasteiger partial charge in [-0.2, -0.15) is 0 Å². The number of hydrazine groups is 1. The zero-order valence-corrected chi connectivity index (χ0v) is 13.3. The van der Waals surface area contributed by atoms with E-state index in [1.807, 2.05) is 41.4 Å². The lowest BCUT2D eigenvalue weighted by Crippen LogP contribution is -2.41. The summed E-state index contributed by atoms with van der Waals surface area (Å²) in [5.74, 6) is -0.135. The van der Waals surface area contributed by atoms with Gasteiger partial charge in [0.1, 0.15) is 0 Å². The van der Waals surface area contributed by atoms with Crippen molar-refractivity contribution >= 4 is 5.91 Å². The van der Waals surface area contributed by atoms with Crippen LogP contribution in [0.15, 0.2) is 85.2 Å². The predicted octanol–water partition coefficient (Wildman–Crippen LogP) is 3.43. The first-order valence-electron chi connectivity index (χ1n) is 7.85. The third-order valence-electron chi connectivity index (χ3n) is 3.63. The van der Waals surface area contributed by atoms with Crippen LogP contribution < -0.4 is 5.43 Å². The molecule has 0 saturated heterocycles. The van der Waals surface area contributed by atoms with Gasteiger partial charge in [-0.25, -0.2) is 5.01 Å². The zero-order chi connectivity index (χ0) is 16.6. The number of hydrogen-bond acceptors (Lipinski definition) is 3. The van der Waals surface area contributed by atoms with Crippen molar-refractivity contribution in [3.63, 3.8) is 0 Å². The van der Waals surface area contributed by atoms with Gasteiger partial charge in [-0.3, -0.25) is 15.2 Å². The van der Waals surface area contributed by atoms with E-state index < -0.39 is 0 Å². The fraction of sp³-hybridized carbons (Fsp3) is 0.100. The Bertz CT molecular complexity index is 719. The molecule has 0 atom stereocenters. The van der Waals surface area contributed by atoms with Crippen LogP contribution in [0.2, 0.25) is 0 Å². The second-order valence-electron chi connectivity index (χ2n) is 5.50. The molecular weight excluding hydrogens is 298 g/mol. The lowest BCUT2D eigenvalue weighted by molar-refractivity contribution is 0.0759. The van der Waals surface area contributed by atoms with Crippen LogP contribution >= 0.6 is 0 Å². The Morgan fingerprint density at radius 2 is 1.29 bits per heavy atom. The molecule has 0 aliphatic heterocycles. The minimum atomic E-state index is -0.135. The molecule has 0 radical (unpaired) electrons. The van der Waals surface area contributed by atoms with Gasteiger partial charge in [-0.15, -0.1) is 0 Å². The van der Waals surface area contributed by atoms with Crippen LogP contribution in [-0.2, 0) is 13.1 Å². The molecule has 0 unspecified atom stereocenters. The topological polar surface area (TPSA) is 45.2 Å². The van der Waals surface area contributed by atoms with E-state index in [9.17, 15) is 4.79 Å². The number of pyridine rings is 1. The van der Waals surface area contributed by atoms with Gasteiger partial charge in [0.05, 0.1) is 0 Å². The van der Waals surface area contributed by atoms with E-state index in [2.05, 4.69) is 34.7 Å². The first-order valence-corrected chi connectivity index (χ1v) is 7.85. The van der Waals surface area contributed by atoms with Gasteiger partial charge >= 0.3 is 0 Å². The van der Waals surface area contributed by atoms with Gasteiger partial charge in [-0.1, -0.05) is 60.7 Å². The van der Waals surface area contributed by atoms with Crippen LogP contribution in [0.5, 0.6) is 0 Å². The van der Waals surface area contributed by atoms with E-state index in [0.29, 0.717) is 18.7 Å². The predicted molar refractivity (Wildman–Crippen MR) is 93.8 cm³/mol. The van der Waals surface area contributed by atoms with Crippen molar-refractivity contribution in [3.05, 3.63) is 102 Å². The molecule has 0 aliphatic rings. The number of carbonyl (C=O) groups is 1. The Morgan fingerprint density at radius 1 is 0.792 bits per heavy atom. The average molecular weight is 317 g/mol. The molecule has 4 heteroatoms. The summed E-state index contributed by atoms with van der Waals surface area (Å²) in [4.78, 5) is 16.4. The first kappa shape index (κ1) is 15.9. The quantitative estimate of drug-likeness (QED) is 0.709. The summed E-state index contributed by atoms with van der Waals surface area (Å²) in [5.41, 5.74) is 5.87. The summed E-state index contributed by atoms with van der Waals surface area (Å²) < 4.78 is 0. The molecule has 2 aromatic carbocycles. The Morgan fingerprint density at radius 3 is 1.79 bits per heavy atom. The van der Waals surface area contributed by atoms with Crippen molar-refractivity contribution in [2.75, 3.05) is 0 Å². The second-order valence-corrected chi connectivity index (χ2v) is 5.50. The van der Waals surface area contributed by atoms with Crippen molar-refractivity contribution in [3.8, 4) is 0 Å². The molecule has 1 heterocycles. The molecule has 1 aromatic heterocycles. The summed E-state index contributed by atoms with van der Waals surface area (Å²) in [6.07, 6.45) is 3.24. The summed E-state index contributed by atoms with van der Waals surface area (Å²) >= 11 is 0. The summed E-state index contributed by atoms with van der Waals surface area (Å²) in [5, 5.41) is 1.92. The lowest BCUT2D eigenvalue weighted by Gasteiger charge is -2.23. The fourth-order valence-electron chi connectivity index (χ4n) is 2.45. The molecule has 1 N–H and O–H groups in total. The Kier molecular flexibility index (Phi) is 5.32. The minimum Gasteiger partial charge on any atom is -0.284 e. The number of aromatic nitrogens is 1. The number of benzene rings is 2. The Balaban J connectivity index is 1.75. The van der Waals surface area contributed by atoms with Crippen LogP contribution in [0.1, 0.15) is 21.5 Å². The smallest absolute Gasteiger partial charge is 0.265 e. The van der Waals surface area contributed by atoms with Crippen molar-refractivity contribution in [2.24, 2.45) is 0 Å². The summed E-state index contributed by atoms with van der Waals surface area (Å²) in [6.45, 7) is 1.26. The maximum atomic E-state index is 12.5. The Hall–Kier alpha value is -2.98. The van der Waals surface area contributed by atoms with E-state index in [1.165, 1.54) is 0 Å². The molecule has 3 rings (SSSR count). The second kappa shape index (κ2) is 8.04. The third kappa shape index (κ3) is 4.51. The number of nitrogens with zero attached hydrogens (tertiary/aromatic N) is 2. The fourth-order valence-corrected chi connectivity index (χ4v) is 2.45. The number of hydrogen-bond donors (Lipinski definition) is 1. The SMILES string of the molecule is O=C(NN(Cc1ccccc1)Cc1ccccc1)c1ccncc1. The summed E-state index contributed by atoms with van der Waals surface area (Å²) in [6, 6.07) is 23.6. The zero-order valence-electron chi connectivity index (χ0n) is 13.3. The monoisotopic (exact) mass is 317 g/mol. The highest BCUT2D eigenvalue weighted by atomic mass is 16.2. The highest BCUT2D eigenvalue weighted by Crippen LogP contribution is 2.09. The largest absolute Gasteiger partial charge is 0.284 e. The molecule has 24 heavy (non-hydrogen) atoms. The van der Waals surface area contributed by atoms with E-state index in [4.69, 9.17) is 0 Å². The first-order chi connectivity index (χ1) is 11.8. The van der Waals surface area contributed by atoms with Crippen LogP contribution in [0.3, 0.4) is 0 Å². The molecule has 4 nitrogen and oxygen atoms in total. The van der Waals surface area contributed by atoms with Crippen molar-refractivity contribution in [1.82, 2.24) is 15.4 Å². The molecule has 0 saturated carbocycles. The average Bonchev–Trinajstić information content (AvgIpc) is 2.64. The minimum absolute atomic E-state index is 0.135. The van der Waals surface area contributed by atoms with Crippen molar-refractivity contribution in [2.45, 2.75) is 13.1 Å². The normalized spacial score (nSPS) is 10.5. The van der Waals surface area contributed by atoms with Gasteiger partial charge in [0.25, 0.3) is 5.91 Å². The van der Waals surface area contributed by atoms with Gasteiger partial charge in [0, 0.05) is 31.0 Å². The van der Waals surface area contributed by atoms with Crippen LogP contribution in [0.4, 0.5) is 0 Å².